The summed E-state index contributed by atoms with van der Waals surface area (Å²) in [6, 6.07) is 7.54. The van der Waals surface area contributed by atoms with Crippen LogP contribution in [0.5, 0.6) is 5.75 Å². The normalized spacial score (nSPS) is 12.8. The van der Waals surface area contributed by atoms with Crippen LogP contribution in [0.25, 0.3) is 0 Å². The standard InChI is InChI=1S/C16H26N2O2/c1-5-13(17)12-9-7-8-10-14(12)20-11-15(19)18-16(3,4)6-2/h7-10,13H,5-6,11,17H2,1-4H3,(H,18,19). The van der Waals surface area contributed by atoms with Gasteiger partial charge in [-0.05, 0) is 32.8 Å². The Morgan fingerprint density at radius 1 is 1.35 bits per heavy atom. The Labute approximate surface area is 121 Å². The molecule has 112 valence electrons. The molecule has 4 heteroatoms. The monoisotopic (exact) mass is 278 g/mol. The van der Waals surface area contributed by atoms with Crippen LogP contribution in [0.2, 0.25) is 0 Å². The Kier molecular flexibility index (Phi) is 6.02. The Morgan fingerprint density at radius 3 is 2.60 bits per heavy atom. The maximum Gasteiger partial charge on any atom is 0.258 e. The molecule has 0 fully saturated rings. The van der Waals surface area contributed by atoms with E-state index < -0.39 is 0 Å². The van der Waals surface area contributed by atoms with Gasteiger partial charge in [-0.3, -0.25) is 4.79 Å². The van der Waals surface area contributed by atoms with Crippen molar-refractivity contribution in [1.29, 1.82) is 0 Å². The molecule has 3 N–H and O–H groups in total. The lowest BCUT2D eigenvalue weighted by Crippen LogP contribution is -2.44. The first-order chi connectivity index (χ1) is 9.39. The number of benzene rings is 1. The van der Waals surface area contributed by atoms with Gasteiger partial charge in [-0.25, -0.2) is 0 Å². The SMILES string of the molecule is CCC(N)c1ccccc1OCC(=O)NC(C)(C)CC. The minimum Gasteiger partial charge on any atom is -0.483 e. The van der Waals surface area contributed by atoms with E-state index in [-0.39, 0.29) is 24.1 Å². The number of hydrogen-bond donors (Lipinski definition) is 2. The zero-order valence-electron chi connectivity index (χ0n) is 12.9. The van der Waals surface area contributed by atoms with Crippen LogP contribution in [0.3, 0.4) is 0 Å². The third-order valence-corrected chi connectivity index (χ3v) is 3.48. The van der Waals surface area contributed by atoms with Gasteiger partial charge in [0.2, 0.25) is 0 Å². The van der Waals surface area contributed by atoms with Crippen molar-refractivity contribution >= 4 is 5.91 Å². The predicted molar refractivity (Wildman–Crippen MR) is 81.7 cm³/mol. The van der Waals surface area contributed by atoms with Crippen molar-refractivity contribution in [2.45, 2.75) is 52.1 Å². The van der Waals surface area contributed by atoms with E-state index in [9.17, 15) is 4.79 Å². The van der Waals surface area contributed by atoms with E-state index >= 15 is 0 Å². The molecule has 1 aromatic rings. The molecule has 0 aromatic heterocycles. The van der Waals surface area contributed by atoms with E-state index in [1.165, 1.54) is 0 Å². The first-order valence-electron chi connectivity index (χ1n) is 7.18. The van der Waals surface area contributed by atoms with Crippen molar-refractivity contribution in [1.82, 2.24) is 5.32 Å². The Morgan fingerprint density at radius 2 is 2.00 bits per heavy atom. The highest BCUT2D eigenvalue weighted by atomic mass is 16.5. The molecule has 1 rings (SSSR count). The van der Waals surface area contributed by atoms with Gasteiger partial charge in [-0.2, -0.15) is 0 Å². The molecule has 1 atom stereocenters. The summed E-state index contributed by atoms with van der Waals surface area (Å²) in [5.41, 5.74) is 6.78. The van der Waals surface area contributed by atoms with Crippen molar-refractivity contribution in [3.63, 3.8) is 0 Å². The molecule has 1 unspecified atom stereocenters. The van der Waals surface area contributed by atoms with E-state index in [2.05, 4.69) is 5.32 Å². The number of rotatable bonds is 7. The first-order valence-corrected chi connectivity index (χ1v) is 7.18. The molecule has 4 nitrogen and oxygen atoms in total. The van der Waals surface area contributed by atoms with Gasteiger partial charge in [0.25, 0.3) is 5.91 Å². The number of carbonyl (C=O) groups excluding carboxylic acids is 1. The predicted octanol–water partition coefficient (Wildman–Crippen LogP) is 2.78. The van der Waals surface area contributed by atoms with Gasteiger partial charge in [-0.1, -0.05) is 32.0 Å². The minimum absolute atomic E-state index is 0.0108. The molecule has 0 bridgehead atoms. The zero-order valence-corrected chi connectivity index (χ0v) is 12.9. The zero-order chi connectivity index (χ0) is 15.2. The lowest BCUT2D eigenvalue weighted by molar-refractivity contribution is -0.124. The molecular formula is C16H26N2O2. The third kappa shape index (κ3) is 4.85. The average Bonchev–Trinajstić information content (AvgIpc) is 2.44. The number of carbonyl (C=O) groups is 1. The largest absolute Gasteiger partial charge is 0.483 e. The van der Waals surface area contributed by atoms with Crippen LogP contribution in [0.4, 0.5) is 0 Å². The number of ether oxygens (including phenoxy) is 1. The number of amides is 1. The quantitative estimate of drug-likeness (QED) is 0.806. The average molecular weight is 278 g/mol. The topological polar surface area (TPSA) is 64.3 Å². The first kappa shape index (κ1) is 16.5. The van der Waals surface area contributed by atoms with Crippen LogP contribution in [-0.2, 0) is 4.79 Å². The maximum absolute atomic E-state index is 11.9. The van der Waals surface area contributed by atoms with Crippen LogP contribution >= 0.6 is 0 Å². The van der Waals surface area contributed by atoms with Crippen LogP contribution in [0.1, 0.15) is 52.1 Å². The summed E-state index contributed by atoms with van der Waals surface area (Å²) >= 11 is 0. The molecular weight excluding hydrogens is 252 g/mol. The Bertz CT molecular complexity index is 444. The summed E-state index contributed by atoms with van der Waals surface area (Å²) in [5, 5.41) is 2.94. The Hall–Kier alpha value is -1.55. The summed E-state index contributed by atoms with van der Waals surface area (Å²) in [7, 11) is 0. The molecule has 0 aliphatic rings. The lowest BCUT2D eigenvalue weighted by atomic mass is 10.0. The molecule has 0 radical (unpaired) electrons. The summed E-state index contributed by atoms with van der Waals surface area (Å²) in [4.78, 5) is 11.9. The van der Waals surface area contributed by atoms with E-state index in [4.69, 9.17) is 10.5 Å². The molecule has 1 aromatic carbocycles. The summed E-state index contributed by atoms with van der Waals surface area (Å²) in [6.07, 6.45) is 1.70. The van der Waals surface area contributed by atoms with Gasteiger partial charge in [0.1, 0.15) is 5.75 Å². The number of nitrogens with one attached hydrogen (secondary N) is 1. The van der Waals surface area contributed by atoms with Crippen LogP contribution in [-0.4, -0.2) is 18.1 Å². The van der Waals surface area contributed by atoms with Gasteiger partial charge in [0.15, 0.2) is 6.61 Å². The molecule has 0 heterocycles. The molecule has 0 saturated carbocycles. The molecule has 20 heavy (non-hydrogen) atoms. The van der Waals surface area contributed by atoms with Crippen molar-refractivity contribution in [3.8, 4) is 5.75 Å². The second kappa shape index (κ2) is 7.29. The van der Waals surface area contributed by atoms with Crippen molar-refractivity contribution in [2.24, 2.45) is 5.73 Å². The highest BCUT2D eigenvalue weighted by Gasteiger charge is 2.18. The highest BCUT2D eigenvalue weighted by Crippen LogP contribution is 2.25. The van der Waals surface area contributed by atoms with E-state index in [1.807, 2.05) is 52.0 Å². The van der Waals surface area contributed by atoms with Crippen molar-refractivity contribution in [2.75, 3.05) is 6.61 Å². The van der Waals surface area contributed by atoms with Gasteiger partial charge in [0, 0.05) is 17.1 Å². The smallest absolute Gasteiger partial charge is 0.258 e. The van der Waals surface area contributed by atoms with Gasteiger partial charge >= 0.3 is 0 Å². The third-order valence-electron chi connectivity index (χ3n) is 3.48. The summed E-state index contributed by atoms with van der Waals surface area (Å²) in [5.74, 6) is 0.572. The van der Waals surface area contributed by atoms with Gasteiger partial charge in [0.05, 0.1) is 0 Å². The summed E-state index contributed by atoms with van der Waals surface area (Å²) in [6.45, 7) is 8.06. The molecule has 0 aliphatic heterocycles. The lowest BCUT2D eigenvalue weighted by Gasteiger charge is -2.24. The van der Waals surface area contributed by atoms with Crippen molar-refractivity contribution in [3.05, 3.63) is 29.8 Å². The van der Waals surface area contributed by atoms with Crippen LogP contribution in [0.15, 0.2) is 24.3 Å². The van der Waals surface area contributed by atoms with E-state index in [0.29, 0.717) is 5.75 Å². The van der Waals surface area contributed by atoms with Crippen molar-refractivity contribution < 1.29 is 9.53 Å². The van der Waals surface area contributed by atoms with Gasteiger partial charge < -0.3 is 15.8 Å². The van der Waals surface area contributed by atoms with E-state index in [1.54, 1.807) is 0 Å². The van der Waals surface area contributed by atoms with Crippen LogP contribution in [0, 0.1) is 0 Å². The molecule has 0 saturated heterocycles. The second-order valence-electron chi connectivity index (χ2n) is 5.63. The molecule has 1 amide bonds. The Balaban J connectivity index is 2.64. The summed E-state index contributed by atoms with van der Waals surface area (Å²) < 4.78 is 5.62. The van der Waals surface area contributed by atoms with Crippen LogP contribution < -0.4 is 15.8 Å². The maximum atomic E-state index is 11.9. The fraction of sp³-hybridized carbons (Fsp3) is 0.562. The number of nitrogens with two attached hydrogens (primary N) is 1. The number of hydrogen-bond acceptors (Lipinski definition) is 3. The van der Waals surface area contributed by atoms with Gasteiger partial charge in [-0.15, -0.1) is 0 Å². The minimum atomic E-state index is -0.209. The number of para-hydroxylation sites is 1. The fourth-order valence-corrected chi connectivity index (χ4v) is 1.78. The molecule has 0 spiro atoms. The fourth-order valence-electron chi connectivity index (χ4n) is 1.78. The van der Waals surface area contributed by atoms with E-state index in [0.717, 1.165) is 18.4 Å². The molecule has 0 aliphatic carbocycles. The second-order valence-corrected chi connectivity index (χ2v) is 5.63. The highest BCUT2D eigenvalue weighted by molar-refractivity contribution is 5.78.